The van der Waals surface area contributed by atoms with Gasteiger partial charge in [0.15, 0.2) is 5.82 Å². The summed E-state index contributed by atoms with van der Waals surface area (Å²) in [6.07, 6.45) is 2.09. The smallest absolute Gasteiger partial charge is 0.231 e. The van der Waals surface area contributed by atoms with Crippen LogP contribution >= 0.6 is 11.8 Å². The largest absolute Gasteiger partial charge is 0.339 e. The molecule has 1 aromatic heterocycles. The van der Waals surface area contributed by atoms with Gasteiger partial charge >= 0.3 is 0 Å². The Kier molecular flexibility index (Phi) is 5.84. The van der Waals surface area contributed by atoms with Crippen LogP contribution in [0.25, 0.3) is 0 Å². The van der Waals surface area contributed by atoms with Crippen LogP contribution in [-0.2, 0) is 5.75 Å². The van der Waals surface area contributed by atoms with E-state index in [9.17, 15) is 0 Å². The Labute approximate surface area is 101 Å². The van der Waals surface area contributed by atoms with Gasteiger partial charge in [0.2, 0.25) is 5.89 Å². The van der Waals surface area contributed by atoms with Crippen molar-refractivity contribution >= 4 is 11.8 Å². The van der Waals surface area contributed by atoms with E-state index in [0.717, 1.165) is 24.4 Å². The molecule has 92 valence electrons. The summed E-state index contributed by atoms with van der Waals surface area (Å²) < 4.78 is 5.25. The Hall–Kier alpha value is -0.550. The summed E-state index contributed by atoms with van der Waals surface area (Å²) in [7, 11) is 0. The second kappa shape index (κ2) is 6.91. The lowest BCUT2D eigenvalue weighted by Gasteiger charge is -2.06. The van der Waals surface area contributed by atoms with Crippen molar-refractivity contribution in [2.45, 2.75) is 50.5 Å². The Bertz CT molecular complexity index is 301. The van der Waals surface area contributed by atoms with Crippen molar-refractivity contribution in [2.24, 2.45) is 5.73 Å². The predicted octanol–water partition coefficient (Wildman–Crippen LogP) is 2.55. The molecule has 0 aliphatic carbocycles. The molecule has 1 aromatic rings. The number of nitrogens with two attached hydrogens (primary N) is 1. The van der Waals surface area contributed by atoms with Crippen LogP contribution in [0.4, 0.5) is 0 Å². The Morgan fingerprint density at radius 3 is 2.75 bits per heavy atom. The molecule has 4 nitrogen and oxygen atoms in total. The summed E-state index contributed by atoms with van der Waals surface area (Å²) in [5.41, 5.74) is 5.69. The van der Waals surface area contributed by atoms with Crippen LogP contribution < -0.4 is 5.73 Å². The van der Waals surface area contributed by atoms with Crippen molar-refractivity contribution < 1.29 is 4.52 Å². The number of rotatable bonds is 7. The van der Waals surface area contributed by atoms with E-state index < -0.39 is 0 Å². The van der Waals surface area contributed by atoms with Crippen molar-refractivity contribution in [1.82, 2.24) is 10.1 Å². The molecule has 0 saturated heterocycles. The molecule has 0 aromatic carbocycles. The van der Waals surface area contributed by atoms with Gasteiger partial charge in [-0.05, 0) is 11.7 Å². The van der Waals surface area contributed by atoms with Crippen LogP contribution in [0.3, 0.4) is 0 Å². The highest BCUT2D eigenvalue weighted by Gasteiger charge is 2.16. The standard InChI is InChI=1S/C11H21N3OS/c1-4-5-9(6-12)11-13-10(14-15-11)7-16-8(2)3/h8-9H,4-7,12H2,1-3H3. The molecule has 16 heavy (non-hydrogen) atoms. The van der Waals surface area contributed by atoms with E-state index in [0.29, 0.717) is 17.7 Å². The fourth-order valence-corrected chi connectivity index (χ4v) is 2.02. The Morgan fingerprint density at radius 1 is 1.44 bits per heavy atom. The zero-order valence-corrected chi connectivity index (χ0v) is 11.1. The van der Waals surface area contributed by atoms with Crippen LogP contribution in [0.2, 0.25) is 0 Å². The minimum Gasteiger partial charge on any atom is -0.339 e. The monoisotopic (exact) mass is 243 g/mol. The normalized spacial score (nSPS) is 13.3. The lowest BCUT2D eigenvalue weighted by molar-refractivity contribution is 0.344. The predicted molar refractivity (Wildman–Crippen MR) is 67.4 cm³/mol. The van der Waals surface area contributed by atoms with Gasteiger partial charge in [-0.15, -0.1) is 0 Å². The molecular formula is C11H21N3OS. The highest BCUT2D eigenvalue weighted by atomic mass is 32.2. The molecule has 1 atom stereocenters. The topological polar surface area (TPSA) is 64.9 Å². The summed E-state index contributed by atoms with van der Waals surface area (Å²) in [5, 5.41) is 4.56. The molecule has 1 unspecified atom stereocenters. The number of hydrogen-bond donors (Lipinski definition) is 1. The maximum Gasteiger partial charge on any atom is 0.231 e. The first kappa shape index (κ1) is 13.5. The molecule has 1 heterocycles. The van der Waals surface area contributed by atoms with Crippen molar-refractivity contribution in [1.29, 1.82) is 0 Å². The van der Waals surface area contributed by atoms with Gasteiger partial charge in [-0.2, -0.15) is 16.7 Å². The Morgan fingerprint density at radius 2 is 2.19 bits per heavy atom. The molecule has 0 bridgehead atoms. The summed E-state index contributed by atoms with van der Waals surface area (Å²) in [6, 6.07) is 0. The van der Waals surface area contributed by atoms with E-state index in [1.165, 1.54) is 0 Å². The van der Waals surface area contributed by atoms with Gasteiger partial charge in [0.1, 0.15) is 0 Å². The van der Waals surface area contributed by atoms with E-state index in [2.05, 4.69) is 30.9 Å². The van der Waals surface area contributed by atoms with Gasteiger partial charge in [0.05, 0.1) is 11.7 Å². The second-order valence-electron chi connectivity index (χ2n) is 4.13. The van der Waals surface area contributed by atoms with Gasteiger partial charge in [-0.3, -0.25) is 0 Å². The van der Waals surface area contributed by atoms with Crippen LogP contribution in [0.5, 0.6) is 0 Å². The molecule has 0 aliphatic rings. The maximum atomic E-state index is 5.69. The number of aromatic nitrogens is 2. The zero-order chi connectivity index (χ0) is 12.0. The molecular weight excluding hydrogens is 222 g/mol. The first-order chi connectivity index (χ1) is 7.67. The molecule has 1 rings (SSSR count). The third-order valence-electron chi connectivity index (χ3n) is 2.30. The summed E-state index contributed by atoms with van der Waals surface area (Å²) in [6.45, 7) is 7.03. The third-order valence-corrected chi connectivity index (χ3v) is 3.39. The van der Waals surface area contributed by atoms with Gasteiger partial charge in [0.25, 0.3) is 0 Å². The van der Waals surface area contributed by atoms with Gasteiger partial charge < -0.3 is 10.3 Å². The van der Waals surface area contributed by atoms with Gasteiger partial charge in [-0.25, -0.2) is 0 Å². The summed E-state index contributed by atoms with van der Waals surface area (Å²) in [4.78, 5) is 4.39. The molecule has 0 spiro atoms. The van der Waals surface area contributed by atoms with Crippen LogP contribution in [0.1, 0.15) is 51.2 Å². The molecule has 5 heteroatoms. The highest BCUT2D eigenvalue weighted by molar-refractivity contribution is 7.99. The Balaban J connectivity index is 2.55. The summed E-state index contributed by atoms with van der Waals surface area (Å²) >= 11 is 1.81. The first-order valence-electron chi connectivity index (χ1n) is 5.81. The molecule has 0 amide bonds. The fourth-order valence-electron chi connectivity index (χ4n) is 1.42. The van der Waals surface area contributed by atoms with E-state index in [4.69, 9.17) is 10.3 Å². The lowest BCUT2D eigenvalue weighted by atomic mass is 10.0. The fraction of sp³-hybridized carbons (Fsp3) is 0.818. The zero-order valence-electron chi connectivity index (χ0n) is 10.3. The molecule has 0 saturated carbocycles. The lowest BCUT2D eigenvalue weighted by Crippen LogP contribution is -2.12. The quantitative estimate of drug-likeness (QED) is 0.797. The minimum atomic E-state index is 0.218. The SMILES string of the molecule is CCCC(CN)c1nc(CSC(C)C)no1. The minimum absolute atomic E-state index is 0.218. The van der Waals surface area contributed by atoms with E-state index in [1.807, 2.05) is 11.8 Å². The van der Waals surface area contributed by atoms with Crippen LogP contribution in [0.15, 0.2) is 4.52 Å². The molecule has 0 radical (unpaired) electrons. The second-order valence-corrected chi connectivity index (χ2v) is 5.69. The number of hydrogen-bond acceptors (Lipinski definition) is 5. The van der Waals surface area contributed by atoms with Gasteiger partial charge in [-0.1, -0.05) is 32.3 Å². The molecule has 0 fully saturated rings. The van der Waals surface area contributed by atoms with Crippen molar-refractivity contribution in [3.05, 3.63) is 11.7 Å². The maximum absolute atomic E-state index is 5.69. The van der Waals surface area contributed by atoms with E-state index >= 15 is 0 Å². The highest BCUT2D eigenvalue weighted by Crippen LogP contribution is 2.20. The molecule has 0 aliphatic heterocycles. The van der Waals surface area contributed by atoms with E-state index in [-0.39, 0.29) is 5.92 Å². The van der Waals surface area contributed by atoms with Crippen molar-refractivity contribution in [2.75, 3.05) is 6.54 Å². The van der Waals surface area contributed by atoms with Crippen molar-refractivity contribution in [3.8, 4) is 0 Å². The third kappa shape index (κ3) is 4.14. The average molecular weight is 243 g/mol. The van der Waals surface area contributed by atoms with Crippen LogP contribution in [-0.4, -0.2) is 21.9 Å². The van der Waals surface area contributed by atoms with Crippen molar-refractivity contribution in [3.63, 3.8) is 0 Å². The first-order valence-corrected chi connectivity index (χ1v) is 6.86. The molecule has 2 N–H and O–H groups in total. The number of thioether (sulfide) groups is 1. The van der Waals surface area contributed by atoms with Crippen LogP contribution in [0, 0.1) is 0 Å². The average Bonchev–Trinajstić information content (AvgIpc) is 2.71. The summed E-state index contributed by atoms with van der Waals surface area (Å²) in [5.74, 6) is 2.51. The number of nitrogens with zero attached hydrogens (tertiary/aromatic N) is 2. The van der Waals surface area contributed by atoms with Gasteiger partial charge in [0, 0.05) is 6.54 Å². The van der Waals surface area contributed by atoms with E-state index in [1.54, 1.807) is 0 Å².